The van der Waals surface area contributed by atoms with Crippen LogP contribution in [-0.2, 0) is 20.9 Å². The van der Waals surface area contributed by atoms with Crippen molar-refractivity contribution in [3.63, 3.8) is 0 Å². The summed E-state index contributed by atoms with van der Waals surface area (Å²) in [5.74, 6) is -2.38. The van der Waals surface area contributed by atoms with Crippen LogP contribution in [0.1, 0.15) is 23.5 Å². The van der Waals surface area contributed by atoms with Gasteiger partial charge in [-0.15, -0.1) is 0 Å². The van der Waals surface area contributed by atoms with Crippen LogP contribution in [0.5, 0.6) is 0 Å². The van der Waals surface area contributed by atoms with Gasteiger partial charge in [0.15, 0.2) is 0 Å². The Morgan fingerprint density at radius 1 is 1.05 bits per heavy atom. The molecule has 1 unspecified atom stereocenters. The van der Waals surface area contributed by atoms with Gasteiger partial charge in [0.05, 0.1) is 12.3 Å². The van der Waals surface area contributed by atoms with Crippen molar-refractivity contribution in [2.24, 2.45) is 0 Å². The first-order chi connectivity index (χ1) is 10.6. The van der Waals surface area contributed by atoms with Crippen LogP contribution in [0.15, 0.2) is 59.1 Å². The van der Waals surface area contributed by atoms with Crippen molar-refractivity contribution in [1.29, 1.82) is 0 Å². The molecular weight excluding hydrogens is 348 g/mol. The monoisotopic (exact) mass is 362 g/mol. The molecule has 0 aliphatic carbocycles. The van der Waals surface area contributed by atoms with Gasteiger partial charge in [-0.05, 0) is 23.3 Å². The summed E-state index contributed by atoms with van der Waals surface area (Å²) < 4.78 is 6.13. The molecule has 0 amide bonds. The van der Waals surface area contributed by atoms with Crippen LogP contribution in [0.3, 0.4) is 0 Å². The number of carbonyl (C=O) groups excluding carboxylic acids is 1. The van der Waals surface area contributed by atoms with Gasteiger partial charge in [-0.2, -0.15) is 0 Å². The van der Waals surface area contributed by atoms with Crippen molar-refractivity contribution in [3.05, 3.63) is 70.2 Å². The van der Waals surface area contributed by atoms with E-state index in [4.69, 9.17) is 9.84 Å². The Kier molecular flexibility index (Phi) is 5.72. The Bertz CT molecular complexity index is 637. The van der Waals surface area contributed by atoms with E-state index in [9.17, 15) is 9.59 Å². The minimum atomic E-state index is -1.04. The number of carbonyl (C=O) groups is 2. The van der Waals surface area contributed by atoms with Crippen LogP contribution in [0.4, 0.5) is 0 Å². The number of carboxylic acid groups (broad SMARTS) is 1. The zero-order valence-corrected chi connectivity index (χ0v) is 13.3. The first-order valence-electron chi connectivity index (χ1n) is 6.74. The van der Waals surface area contributed by atoms with Gasteiger partial charge in [-0.1, -0.05) is 58.4 Å². The third kappa shape index (κ3) is 4.70. The van der Waals surface area contributed by atoms with E-state index in [-0.39, 0.29) is 13.0 Å². The van der Waals surface area contributed by atoms with Crippen molar-refractivity contribution in [1.82, 2.24) is 0 Å². The molecule has 0 fully saturated rings. The Morgan fingerprint density at radius 3 is 2.27 bits per heavy atom. The largest absolute Gasteiger partial charge is 0.481 e. The first kappa shape index (κ1) is 16.2. The fourth-order valence-corrected chi connectivity index (χ4v) is 2.30. The number of carboxylic acids is 1. The minimum Gasteiger partial charge on any atom is -0.481 e. The number of benzene rings is 2. The molecule has 114 valence electrons. The molecule has 0 aromatic heterocycles. The van der Waals surface area contributed by atoms with Crippen LogP contribution in [0.2, 0.25) is 0 Å². The summed E-state index contributed by atoms with van der Waals surface area (Å²) in [6.07, 6.45) is -0.296. The molecule has 2 rings (SSSR count). The first-order valence-corrected chi connectivity index (χ1v) is 7.53. The van der Waals surface area contributed by atoms with E-state index in [0.29, 0.717) is 5.56 Å². The zero-order chi connectivity index (χ0) is 15.9. The van der Waals surface area contributed by atoms with Crippen molar-refractivity contribution in [2.45, 2.75) is 18.9 Å². The van der Waals surface area contributed by atoms with Gasteiger partial charge in [0.1, 0.15) is 6.61 Å². The summed E-state index contributed by atoms with van der Waals surface area (Å²) in [6, 6.07) is 16.3. The lowest BCUT2D eigenvalue weighted by Gasteiger charge is -2.15. The van der Waals surface area contributed by atoms with Gasteiger partial charge in [0.25, 0.3) is 0 Å². The molecule has 0 radical (unpaired) electrons. The van der Waals surface area contributed by atoms with Crippen LogP contribution in [0, 0.1) is 0 Å². The fraction of sp³-hybridized carbons (Fsp3) is 0.176. The van der Waals surface area contributed by atoms with Gasteiger partial charge < -0.3 is 9.84 Å². The lowest BCUT2D eigenvalue weighted by Crippen LogP contribution is -2.19. The van der Waals surface area contributed by atoms with Crippen molar-refractivity contribution < 1.29 is 19.4 Å². The van der Waals surface area contributed by atoms with E-state index in [1.807, 2.05) is 30.3 Å². The number of ether oxygens (including phenoxy) is 1. The standard InChI is InChI=1S/C17H15BrO4/c18-14-8-6-13(7-9-14)15(10-16(19)20)17(21)22-11-12-4-2-1-3-5-12/h1-9,15H,10-11H2,(H,19,20). The van der Waals surface area contributed by atoms with Crippen molar-refractivity contribution in [2.75, 3.05) is 0 Å². The zero-order valence-electron chi connectivity index (χ0n) is 11.7. The minimum absolute atomic E-state index is 0.131. The molecule has 0 saturated heterocycles. The van der Waals surface area contributed by atoms with Crippen LogP contribution in [-0.4, -0.2) is 17.0 Å². The van der Waals surface area contributed by atoms with Gasteiger partial charge in [-0.3, -0.25) is 9.59 Å². The van der Waals surface area contributed by atoms with E-state index in [0.717, 1.165) is 10.0 Å². The summed E-state index contributed by atoms with van der Waals surface area (Å²) in [4.78, 5) is 23.3. The summed E-state index contributed by atoms with van der Waals surface area (Å²) in [6.45, 7) is 0.131. The molecule has 0 aliphatic rings. The molecule has 4 nitrogen and oxygen atoms in total. The summed E-state index contributed by atoms with van der Waals surface area (Å²) in [5.41, 5.74) is 1.49. The highest BCUT2D eigenvalue weighted by molar-refractivity contribution is 9.10. The number of hydrogen-bond acceptors (Lipinski definition) is 3. The molecule has 0 bridgehead atoms. The summed E-state index contributed by atoms with van der Waals surface area (Å²) in [5, 5.41) is 9.02. The van der Waals surface area contributed by atoms with E-state index in [1.165, 1.54) is 0 Å². The highest BCUT2D eigenvalue weighted by Crippen LogP contribution is 2.24. The van der Waals surface area contributed by atoms with Crippen LogP contribution < -0.4 is 0 Å². The maximum absolute atomic E-state index is 12.2. The molecule has 0 spiro atoms. The summed E-state index contributed by atoms with van der Waals surface area (Å²) >= 11 is 3.31. The maximum Gasteiger partial charge on any atom is 0.314 e. The van der Waals surface area contributed by atoms with Gasteiger partial charge in [-0.25, -0.2) is 0 Å². The van der Waals surface area contributed by atoms with Crippen LogP contribution >= 0.6 is 15.9 Å². The van der Waals surface area contributed by atoms with E-state index in [2.05, 4.69) is 15.9 Å². The smallest absolute Gasteiger partial charge is 0.314 e. The highest BCUT2D eigenvalue weighted by atomic mass is 79.9. The molecule has 0 heterocycles. The lowest BCUT2D eigenvalue weighted by atomic mass is 9.96. The molecular formula is C17H15BrO4. The number of rotatable bonds is 6. The number of halogens is 1. The molecule has 1 atom stereocenters. The second-order valence-electron chi connectivity index (χ2n) is 4.80. The van der Waals surface area contributed by atoms with Gasteiger partial charge >= 0.3 is 11.9 Å². The molecule has 1 N–H and O–H groups in total. The third-order valence-electron chi connectivity index (χ3n) is 3.16. The Balaban J connectivity index is 2.09. The van der Waals surface area contributed by atoms with Gasteiger partial charge in [0.2, 0.25) is 0 Å². The third-order valence-corrected chi connectivity index (χ3v) is 3.69. The fourth-order valence-electron chi connectivity index (χ4n) is 2.04. The average molecular weight is 363 g/mol. The predicted molar refractivity (Wildman–Crippen MR) is 85.4 cm³/mol. The number of aliphatic carboxylic acids is 1. The Hall–Kier alpha value is -2.14. The molecule has 5 heteroatoms. The second-order valence-corrected chi connectivity index (χ2v) is 5.71. The van der Waals surface area contributed by atoms with Crippen molar-refractivity contribution >= 4 is 27.9 Å². The topological polar surface area (TPSA) is 63.6 Å². The maximum atomic E-state index is 12.2. The van der Waals surface area contributed by atoms with Gasteiger partial charge in [0, 0.05) is 4.47 Å². The Labute approximate surface area is 136 Å². The molecule has 2 aromatic rings. The molecule has 0 aliphatic heterocycles. The van der Waals surface area contributed by atoms with E-state index >= 15 is 0 Å². The SMILES string of the molecule is O=C(O)CC(C(=O)OCc1ccccc1)c1ccc(Br)cc1. The van der Waals surface area contributed by atoms with E-state index < -0.39 is 17.9 Å². The molecule has 0 saturated carbocycles. The Morgan fingerprint density at radius 2 is 1.68 bits per heavy atom. The number of hydrogen-bond donors (Lipinski definition) is 1. The molecule has 22 heavy (non-hydrogen) atoms. The van der Waals surface area contributed by atoms with Crippen LogP contribution in [0.25, 0.3) is 0 Å². The predicted octanol–water partition coefficient (Wildman–Crippen LogP) is 3.75. The highest BCUT2D eigenvalue weighted by Gasteiger charge is 2.25. The lowest BCUT2D eigenvalue weighted by molar-refractivity contribution is -0.150. The van der Waals surface area contributed by atoms with E-state index in [1.54, 1.807) is 24.3 Å². The normalized spacial score (nSPS) is 11.7. The van der Waals surface area contributed by atoms with Crippen molar-refractivity contribution in [3.8, 4) is 0 Å². The second kappa shape index (κ2) is 7.75. The summed E-state index contributed by atoms with van der Waals surface area (Å²) in [7, 11) is 0. The average Bonchev–Trinajstić information content (AvgIpc) is 2.52. The number of esters is 1. The molecule has 2 aromatic carbocycles. The quantitative estimate of drug-likeness (QED) is 0.794.